The smallest absolute Gasteiger partial charge is 0.216 e. The number of hydrogen-bond donors (Lipinski definition) is 1. The molecule has 2 aromatic carbocycles. The maximum Gasteiger partial charge on any atom is 0.216 e. The number of aromatic nitrogens is 3. The van der Waals surface area contributed by atoms with E-state index in [1.807, 2.05) is 30.3 Å². The molecule has 0 atom stereocenters. The van der Waals surface area contributed by atoms with Crippen molar-refractivity contribution in [2.75, 3.05) is 21.3 Å². The monoisotopic (exact) mass is 400 g/mol. The summed E-state index contributed by atoms with van der Waals surface area (Å²) in [4.78, 5) is 0. The van der Waals surface area contributed by atoms with Gasteiger partial charge in [0.05, 0.1) is 33.1 Å². The van der Waals surface area contributed by atoms with E-state index in [0.29, 0.717) is 33.4 Å². The third-order valence-corrected chi connectivity index (χ3v) is 4.15. The third kappa shape index (κ3) is 4.32. The zero-order valence-electron chi connectivity index (χ0n) is 15.7. The van der Waals surface area contributed by atoms with Crippen LogP contribution in [-0.2, 0) is 6.61 Å². The Labute approximate surface area is 167 Å². The standard InChI is InChI=1S/C19H20N4O4S/c1-24-14-9-16(25-2)15(17(10-14)26-3)11-20-23-18(21-22-19(23)28)12-27-13-7-5-4-6-8-13/h4-11H,12H2,1-3H3,(H,22,28). The number of nitrogens with zero attached hydrogens (tertiary/aromatic N) is 3. The summed E-state index contributed by atoms with van der Waals surface area (Å²) in [6.07, 6.45) is 1.59. The van der Waals surface area contributed by atoms with Crippen LogP contribution in [0.4, 0.5) is 0 Å². The van der Waals surface area contributed by atoms with Crippen molar-refractivity contribution in [1.29, 1.82) is 0 Å². The Morgan fingerprint density at radius 3 is 2.32 bits per heavy atom. The molecule has 0 saturated carbocycles. The summed E-state index contributed by atoms with van der Waals surface area (Å²) >= 11 is 5.27. The van der Waals surface area contributed by atoms with Crippen LogP contribution in [0.25, 0.3) is 0 Å². The summed E-state index contributed by atoms with van der Waals surface area (Å²) < 4.78 is 23.7. The van der Waals surface area contributed by atoms with Gasteiger partial charge >= 0.3 is 0 Å². The van der Waals surface area contributed by atoms with E-state index in [1.165, 1.54) is 4.68 Å². The molecule has 3 rings (SSSR count). The van der Waals surface area contributed by atoms with Gasteiger partial charge in [0.25, 0.3) is 0 Å². The van der Waals surface area contributed by atoms with Gasteiger partial charge in [-0.3, -0.25) is 0 Å². The van der Waals surface area contributed by atoms with E-state index in [4.69, 9.17) is 31.2 Å². The first-order valence-corrected chi connectivity index (χ1v) is 8.75. The highest BCUT2D eigenvalue weighted by atomic mass is 32.1. The van der Waals surface area contributed by atoms with Crippen LogP contribution < -0.4 is 18.9 Å². The molecular formula is C19H20N4O4S. The molecule has 146 valence electrons. The Hall–Kier alpha value is -3.33. The maximum absolute atomic E-state index is 5.73. The predicted octanol–water partition coefficient (Wildman–Crippen LogP) is 3.43. The van der Waals surface area contributed by atoms with E-state index in [9.17, 15) is 0 Å². The summed E-state index contributed by atoms with van der Waals surface area (Å²) in [5, 5.41) is 11.3. The number of benzene rings is 2. The molecule has 28 heavy (non-hydrogen) atoms. The number of nitrogens with one attached hydrogen (secondary N) is 1. The van der Waals surface area contributed by atoms with E-state index >= 15 is 0 Å². The summed E-state index contributed by atoms with van der Waals surface area (Å²) in [7, 11) is 4.70. The highest BCUT2D eigenvalue weighted by Crippen LogP contribution is 2.32. The van der Waals surface area contributed by atoms with E-state index in [0.717, 1.165) is 5.75 Å². The van der Waals surface area contributed by atoms with Crippen molar-refractivity contribution in [3.8, 4) is 23.0 Å². The van der Waals surface area contributed by atoms with E-state index in [1.54, 1.807) is 39.7 Å². The zero-order valence-corrected chi connectivity index (χ0v) is 16.5. The Morgan fingerprint density at radius 1 is 1.04 bits per heavy atom. The number of methoxy groups -OCH3 is 3. The van der Waals surface area contributed by atoms with Gasteiger partial charge in [-0.1, -0.05) is 18.2 Å². The van der Waals surface area contributed by atoms with Gasteiger partial charge in [-0.25, -0.2) is 5.10 Å². The number of H-pyrrole nitrogens is 1. The van der Waals surface area contributed by atoms with Crippen molar-refractivity contribution in [3.63, 3.8) is 0 Å². The Balaban J connectivity index is 1.89. The average Bonchev–Trinajstić information content (AvgIpc) is 3.10. The molecule has 9 heteroatoms. The van der Waals surface area contributed by atoms with Gasteiger partial charge in [0.15, 0.2) is 5.82 Å². The van der Waals surface area contributed by atoms with E-state index < -0.39 is 0 Å². The Kier molecular flexibility index (Phi) is 6.28. The number of para-hydroxylation sites is 1. The van der Waals surface area contributed by atoms with Crippen molar-refractivity contribution in [3.05, 3.63) is 58.6 Å². The van der Waals surface area contributed by atoms with Crippen molar-refractivity contribution < 1.29 is 18.9 Å². The minimum absolute atomic E-state index is 0.200. The van der Waals surface area contributed by atoms with Gasteiger partial charge in [0.2, 0.25) is 4.77 Å². The molecule has 0 aliphatic rings. The second-order valence-corrected chi connectivity index (χ2v) is 5.94. The van der Waals surface area contributed by atoms with Crippen LogP contribution in [0.3, 0.4) is 0 Å². The predicted molar refractivity (Wildman–Crippen MR) is 107 cm³/mol. The van der Waals surface area contributed by atoms with Gasteiger partial charge in [-0.15, -0.1) is 0 Å². The molecule has 0 aliphatic heterocycles. The lowest BCUT2D eigenvalue weighted by atomic mass is 10.2. The molecule has 0 radical (unpaired) electrons. The fraction of sp³-hybridized carbons (Fsp3) is 0.211. The van der Waals surface area contributed by atoms with Gasteiger partial charge in [-0.05, 0) is 24.4 Å². The number of aromatic amines is 1. The Bertz CT molecular complexity index is 989. The molecule has 8 nitrogen and oxygen atoms in total. The molecule has 0 saturated heterocycles. The van der Waals surface area contributed by atoms with Crippen LogP contribution in [0.2, 0.25) is 0 Å². The number of hydrogen-bond acceptors (Lipinski definition) is 7. The van der Waals surface area contributed by atoms with E-state index in [-0.39, 0.29) is 6.61 Å². The van der Waals surface area contributed by atoms with Gasteiger partial charge in [0.1, 0.15) is 29.6 Å². The lowest BCUT2D eigenvalue weighted by Gasteiger charge is -2.12. The van der Waals surface area contributed by atoms with E-state index in [2.05, 4.69) is 15.3 Å². The first-order chi connectivity index (χ1) is 13.7. The van der Waals surface area contributed by atoms with Gasteiger partial charge < -0.3 is 18.9 Å². The molecule has 1 heterocycles. The van der Waals surface area contributed by atoms with Gasteiger partial charge in [-0.2, -0.15) is 14.9 Å². The van der Waals surface area contributed by atoms with Crippen molar-refractivity contribution >= 4 is 18.4 Å². The molecule has 1 N–H and O–H groups in total. The second kappa shape index (κ2) is 9.05. The molecule has 1 aromatic heterocycles. The number of ether oxygens (including phenoxy) is 4. The Morgan fingerprint density at radius 2 is 1.71 bits per heavy atom. The summed E-state index contributed by atoms with van der Waals surface area (Å²) in [6, 6.07) is 12.9. The summed E-state index contributed by atoms with van der Waals surface area (Å²) in [5.41, 5.74) is 0.642. The van der Waals surface area contributed by atoms with Crippen LogP contribution in [0.15, 0.2) is 47.6 Å². The van der Waals surface area contributed by atoms with Gasteiger partial charge in [0, 0.05) is 12.1 Å². The average molecular weight is 400 g/mol. The van der Waals surface area contributed by atoms with Crippen LogP contribution in [0, 0.1) is 4.77 Å². The first kappa shape index (κ1) is 19.4. The first-order valence-electron chi connectivity index (χ1n) is 8.34. The fourth-order valence-corrected chi connectivity index (χ4v) is 2.67. The summed E-state index contributed by atoms with van der Waals surface area (Å²) in [6.45, 7) is 0.200. The lowest BCUT2D eigenvalue weighted by molar-refractivity contribution is 0.290. The highest BCUT2D eigenvalue weighted by Gasteiger charge is 2.12. The van der Waals surface area contributed by atoms with Crippen molar-refractivity contribution in [2.45, 2.75) is 6.61 Å². The zero-order chi connectivity index (χ0) is 19.9. The number of rotatable bonds is 8. The highest BCUT2D eigenvalue weighted by molar-refractivity contribution is 7.71. The van der Waals surface area contributed by atoms with Crippen molar-refractivity contribution in [1.82, 2.24) is 14.9 Å². The minimum Gasteiger partial charge on any atom is -0.496 e. The largest absolute Gasteiger partial charge is 0.496 e. The molecule has 0 unspecified atom stereocenters. The fourth-order valence-electron chi connectivity index (χ4n) is 2.48. The summed E-state index contributed by atoms with van der Waals surface area (Å²) in [5.74, 6) is 2.97. The quantitative estimate of drug-likeness (QED) is 0.461. The van der Waals surface area contributed by atoms with Crippen molar-refractivity contribution in [2.24, 2.45) is 5.10 Å². The molecule has 0 amide bonds. The van der Waals surface area contributed by atoms with Crippen LogP contribution in [0.1, 0.15) is 11.4 Å². The normalized spacial score (nSPS) is 10.8. The maximum atomic E-state index is 5.73. The third-order valence-electron chi connectivity index (χ3n) is 3.88. The lowest BCUT2D eigenvalue weighted by Crippen LogP contribution is -2.05. The SMILES string of the molecule is COc1cc(OC)c(C=Nn2c(COc3ccccc3)n[nH]c2=S)c(OC)c1. The molecule has 3 aromatic rings. The van der Waals surface area contributed by atoms with Crippen LogP contribution in [0.5, 0.6) is 23.0 Å². The molecule has 0 aliphatic carbocycles. The molecule has 0 bridgehead atoms. The molecule has 0 spiro atoms. The van der Waals surface area contributed by atoms with Crippen LogP contribution in [-0.4, -0.2) is 42.4 Å². The minimum atomic E-state index is 0.200. The van der Waals surface area contributed by atoms with Crippen LogP contribution >= 0.6 is 12.2 Å². The molecular weight excluding hydrogens is 380 g/mol. The molecule has 0 fully saturated rings. The topological polar surface area (TPSA) is 82.9 Å². The second-order valence-electron chi connectivity index (χ2n) is 5.55.